The zero-order valence-corrected chi connectivity index (χ0v) is 13.4. The Hall–Kier alpha value is -1.99. The van der Waals surface area contributed by atoms with Crippen LogP contribution in [0.5, 0.6) is 0 Å². The highest BCUT2D eigenvalue weighted by Crippen LogP contribution is 2.23. The number of ether oxygens (including phenoxy) is 1. The summed E-state index contributed by atoms with van der Waals surface area (Å²) in [5.74, 6) is -1.26. The number of carbonyl (C=O) groups excluding carboxylic acids is 1. The first-order valence-corrected chi connectivity index (χ1v) is 8.16. The van der Waals surface area contributed by atoms with E-state index in [0.717, 1.165) is 12.0 Å². The minimum Gasteiger partial charge on any atom is -0.480 e. The second-order valence-corrected chi connectivity index (χ2v) is 6.22. The first-order chi connectivity index (χ1) is 11.5. The van der Waals surface area contributed by atoms with Gasteiger partial charge >= 0.3 is 5.97 Å². The predicted molar refractivity (Wildman–Crippen MR) is 83.9 cm³/mol. The van der Waals surface area contributed by atoms with Gasteiger partial charge in [0.05, 0.1) is 19.7 Å². The molecule has 0 unspecified atom stereocenters. The number of aliphatic carboxylic acids is 1. The van der Waals surface area contributed by atoms with Crippen LogP contribution in [0, 0.1) is 5.82 Å². The minimum atomic E-state index is -0.869. The molecule has 0 aliphatic carbocycles. The molecule has 2 heterocycles. The van der Waals surface area contributed by atoms with Crippen LogP contribution in [0.15, 0.2) is 24.3 Å². The lowest BCUT2D eigenvalue weighted by molar-refractivity contribution is -0.145. The summed E-state index contributed by atoms with van der Waals surface area (Å²) >= 11 is 0. The molecule has 130 valence electrons. The third kappa shape index (κ3) is 3.73. The average Bonchev–Trinajstić information content (AvgIpc) is 3.04. The van der Waals surface area contributed by atoms with E-state index in [0.29, 0.717) is 32.7 Å². The fourth-order valence-corrected chi connectivity index (χ4v) is 3.32. The highest BCUT2D eigenvalue weighted by molar-refractivity contribution is 5.80. The molecule has 1 aromatic carbocycles. The minimum absolute atomic E-state index is 0.0847. The molecule has 0 spiro atoms. The molecule has 0 radical (unpaired) electrons. The largest absolute Gasteiger partial charge is 0.480 e. The van der Waals surface area contributed by atoms with E-state index in [1.165, 1.54) is 12.1 Å². The maximum atomic E-state index is 13.0. The zero-order chi connectivity index (χ0) is 17.1. The molecule has 0 bridgehead atoms. The molecule has 7 heteroatoms. The molecule has 6 nitrogen and oxygen atoms in total. The van der Waals surface area contributed by atoms with Crippen molar-refractivity contribution in [2.45, 2.75) is 25.0 Å². The Labute approximate surface area is 139 Å². The number of carboxylic acids is 1. The van der Waals surface area contributed by atoms with E-state index >= 15 is 0 Å². The van der Waals surface area contributed by atoms with Gasteiger partial charge in [0.25, 0.3) is 0 Å². The van der Waals surface area contributed by atoms with Gasteiger partial charge in [-0.1, -0.05) is 12.1 Å². The lowest BCUT2D eigenvalue weighted by atomic mass is 10.1. The number of carbonyl (C=O) groups is 2. The van der Waals surface area contributed by atoms with E-state index in [1.54, 1.807) is 21.9 Å². The van der Waals surface area contributed by atoms with E-state index in [2.05, 4.69) is 0 Å². The zero-order valence-electron chi connectivity index (χ0n) is 13.4. The summed E-state index contributed by atoms with van der Waals surface area (Å²) in [5.41, 5.74) is 0.832. The molecule has 2 aliphatic rings. The van der Waals surface area contributed by atoms with Crippen LogP contribution in [-0.4, -0.2) is 65.6 Å². The van der Waals surface area contributed by atoms with Crippen LogP contribution in [0.1, 0.15) is 24.5 Å². The van der Waals surface area contributed by atoms with Crippen molar-refractivity contribution < 1.29 is 23.8 Å². The Balaban J connectivity index is 1.61. The van der Waals surface area contributed by atoms with Crippen molar-refractivity contribution in [1.29, 1.82) is 0 Å². The lowest BCUT2D eigenvalue weighted by Crippen LogP contribution is -2.48. The maximum Gasteiger partial charge on any atom is 0.320 e. The molecule has 2 atom stereocenters. The number of amides is 1. The summed E-state index contributed by atoms with van der Waals surface area (Å²) in [6.45, 7) is 2.05. The van der Waals surface area contributed by atoms with Gasteiger partial charge in [0.1, 0.15) is 18.0 Å². The SMILES string of the molecule is O=C(O)[C@@H]1CCCN1CC(=O)N1CCO[C@H](c2ccc(F)cc2)C1. The van der Waals surface area contributed by atoms with E-state index in [9.17, 15) is 19.1 Å². The molecule has 1 aromatic rings. The fraction of sp³-hybridized carbons (Fsp3) is 0.529. The van der Waals surface area contributed by atoms with Crippen LogP contribution in [0.25, 0.3) is 0 Å². The second kappa shape index (κ2) is 7.27. The molecule has 0 saturated carbocycles. The van der Waals surface area contributed by atoms with Gasteiger partial charge in [-0.3, -0.25) is 14.5 Å². The first kappa shape index (κ1) is 16.9. The van der Waals surface area contributed by atoms with Crippen LogP contribution < -0.4 is 0 Å². The number of rotatable bonds is 4. The molecule has 2 saturated heterocycles. The summed E-state index contributed by atoms with van der Waals surface area (Å²) in [6, 6.07) is 5.51. The van der Waals surface area contributed by atoms with Crippen molar-refractivity contribution in [3.8, 4) is 0 Å². The topological polar surface area (TPSA) is 70.1 Å². The van der Waals surface area contributed by atoms with Crippen LogP contribution in [0.3, 0.4) is 0 Å². The lowest BCUT2D eigenvalue weighted by Gasteiger charge is -2.34. The number of halogens is 1. The molecule has 1 amide bonds. The van der Waals surface area contributed by atoms with Crippen LogP contribution >= 0.6 is 0 Å². The smallest absolute Gasteiger partial charge is 0.320 e. The van der Waals surface area contributed by atoms with Crippen molar-refractivity contribution >= 4 is 11.9 Å². The summed E-state index contributed by atoms with van der Waals surface area (Å²) in [5, 5.41) is 9.20. The van der Waals surface area contributed by atoms with E-state index in [1.807, 2.05) is 0 Å². The number of nitrogens with zero attached hydrogens (tertiary/aromatic N) is 2. The fourth-order valence-electron chi connectivity index (χ4n) is 3.32. The summed E-state index contributed by atoms with van der Waals surface area (Å²) in [7, 11) is 0. The summed E-state index contributed by atoms with van der Waals surface area (Å²) in [4.78, 5) is 27.2. The Morgan fingerprint density at radius 2 is 2.00 bits per heavy atom. The van der Waals surface area contributed by atoms with Crippen molar-refractivity contribution in [3.05, 3.63) is 35.6 Å². The van der Waals surface area contributed by atoms with E-state index in [4.69, 9.17) is 4.74 Å². The van der Waals surface area contributed by atoms with Crippen molar-refractivity contribution in [3.63, 3.8) is 0 Å². The van der Waals surface area contributed by atoms with Gasteiger partial charge in [-0.2, -0.15) is 0 Å². The van der Waals surface area contributed by atoms with Gasteiger partial charge in [-0.05, 0) is 37.1 Å². The molecule has 24 heavy (non-hydrogen) atoms. The standard InChI is InChI=1S/C17H21FN2O4/c18-13-5-3-12(4-6-13)15-10-20(8-9-24-15)16(21)11-19-7-1-2-14(19)17(22)23/h3-6,14-15H,1-2,7-11H2,(H,22,23)/t14-,15-/m0/s1. The number of hydrogen-bond acceptors (Lipinski definition) is 4. The Bertz CT molecular complexity index is 607. The summed E-state index contributed by atoms with van der Waals surface area (Å²) < 4.78 is 18.7. The molecular weight excluding hydrogens is 315 g/mol. The van der Waals surface area contributed by atoms with E-state index < -0.39 is 12.0 Å². The number of carboxylic acid groups (broad SMARTS) is 1. The number of likely N-dealkylation sites (tertiary alicyclic amines) is 1. The Morgan fingerprint density at radius 3 is 2.71 bits per heavy atom. The van der Waals surface area contributed by atoms with Gasteiger partial charge in [-0.15, -0.1) is 0 Å². The van der Waals surface area contributed by atoms with Gasteiger partial charge in [0.2, 0.25) is 5.91 Å². The number of hydrogen-bond donors (Lipinski definition) is 1. The van der Waals surface area contributed by atoms with Gasteiger partial charge in [-0.25, -0.2) is 4.39 Å². The Morgan fingerprint density at radius 1 is 1.25 bits per heavy atom. The van der Waals surface area contributed by atoms with Crippen molar-refractivity contribution in [2.24, 2.45) is 0 Å². The van der Waals surface area contributed by atoms with Crippen LogP contribution in [0.2, 0.25) is 0 Å². The third-order valence-corrected chi connectivity index (χ3v) is 4.65. The third-order valence-electron chi connectivity index (χ3n) is 4.65. The quantitative estimate of drug-likeness (QED) is 0.897. The van der Waals surface area contributed by atoms with Gasteiger partial charge in [0, 0.05) is 6.54 Å². The van der Waals surface area contributed by atoms with Gasteiger partial charge < -0.3 is 14.7 Å². The molecule has 2 aliphatic heterocycles. The predicted octanol–water partition coefficient (Wildman–Crippen LogP) is 1.27. The Kier molecular flexibility index (Phi) is 5.11. The van der Waals surface area contributed by atoms with Crippen molar-refractivity contribution in [1.82, 2.24) is 9.80 Å². The van der Waals surface area contributed by atoms with E-state index in [-0.39, 0.29) is 24.4 Å². The van der Waals surface area contributed by atoms with Gasteiger partial charge in [0.15, 0.2) is 0 Å². The highest BCUT2D eigenvalue weighted by Gasteiger charge is 2.34. The average molecular weight is 336 g/mol. The number of morpholine rings is 1. The maximum absolute atomic E-state index is 13.0. The molecule has 2 fully saturated rings. The molecule has 3 rings (SSSR count). The first-order valence-electron chi connectivity index (χ1n) is 8.16. The van der Waals surface area contributed by atoms with Crippen LogP contribution in [-0.2, 0) is 14.3 Å². The monoisotopic (exact) mass is 336 g/mol. The molecule has 1 N–H and O–H groups in total. The van der Waals surface area contributed by atoms with Crippen LogP contribution in [0.4, 0.5) is 4.39 Å². The molecule has 0 aromatic heterocycles. The summed E-state index contributed by atoms with van der Waals surface area (Å²) in [6.07, 6.45) is 1.10. The second-order valence-electron chi connectivity index (χ2n) is 6.22. The van der Waals surface area contributed by atoms with Crippen molar-refractivity contribution in [2.75, 3.05) is 32.8 Å². The highest BCUT2D eigenvalue weighted by atomic mass is 19.1. The number of benzene rings is 1. The normalized spacial score (nSPS) is 25.0. The molecular formula is C17H21FN2O4.